The summed E-state index contributed by atoms with van der Waals surface area (Å²) < 4.78 is 20.3. The zero-order valence-corrected chi connectivity index (χ0v) is 12.9. The Balaban J connectivity index is 2.16. The highest BCUT2D eigenvalue weighted by Gasteiger charge is 2.13. The number of halogens is 2. The highest BCUT2D eigenvalue weighted by molar-refractivity contribution is 9.10. The minimum absolute atomic E-state index is 0.115. The maximum absolute atomic E-state index is 14.1. The second kappa shape index (κ2) is 6.86. The molecule has 20 heavy (non-hydrogen) atoms. The van der Waals surface area contributed by atoms with E-state index in [2.05, 4.69) is 15.9 Å². The first-order valence-electron chi connectivity index (χ1n) is 6.47. The second-order valence-corrected chi connectivity index (χ2v) is 5.58. The maximum Gasteiger partial charge on any atom is 0.169 e. The largest absolute Gasteiger partial charge is 0.485 e. The van der Waals surface area contributed by atoms with E-state index in [1.54, 1.807) is 0 Å². The van der Waals surface area contributed by atoms with Crippen molar-refractivity contribution in [2.75, 3.05) is 6.54 Å². The van der Waals surface area contributed by atoms with Gasteiger partial charge in [-0.1, -0.05) is 37.3 Å². The Kier molecular flexibility index (Phi) is 5.15. The molecule has 0 aliphatic carbocycles. The molecule has 0 aliphatic rings. The number of hydrogen-bond donors (Lipinski definition) is 1. The Morgan fingerprint density at radius 3 is 2.55 bits per heavy atom. The molecule has 2 rings (SSSR count). The van der Waals surface area contributed by atoms with Crippen molar-refractivity contribution in [2.45, 2.75) is 19.4 Å². The highest BCUT2D eigenvalue weighted by Crippen LogP contribution is 2.32. The normalized spacial score (nSPS) is 12.2. The van der Waals surface area contributed by atoms with Crippen molar-refractivity contribution in [3.63, 3.8) is 0 Å². The Labute approximate surface area is 126 Å². The molecule has 0 spiro atoms. The molecule has 1 atom stereocenters. The summed E-state index contributed by atoms with van der Waals surface area (Å²) in [6.45, 7) is 2.78. The van der Waals surface area contributed by atoms with Gasteiger partial charge >= 0.3 is 0 Å². The van der Waals surface area contributed by atoms with Gasteiger partial charge in [-0.25, -0.2) is 4.39 Å². The zero-order chi connectivity index (χ0) is 14.5. The van der Waals surface area contributed by atoms with E-state index < -0.39 is 0 Å². The minimum atomic E-state index is -0.370. The van der Waals surface area contributed by atoms with Gasteiger partial charge in [0.2, 0.25) is 0 Å². The molecule has 0 amide bonds. The van der Waals surface area contributed by atoms with Crippen molar-refractivity contribution in [3.8, 4) is 5.75 Å². The molecule has 4 heteroatoms. The van der Waals surface area contributed by atoms with E-state index in [4.69, 9.17) is 10.5 Å². The van der Waals surface area contributed by atoms with Crippen LogP contribution in [0.5, 0.6) is 5.75 Å². The number of hydrogen-bond acceptors (Lipinski definition) is 2. The average Bonchev–Trinajstić information content (AvgIpc) is 2.46. The van der Waals surface area contributed by atoms with E-state index >= 15 is 0 Å². The molecule has 2 nitrogen and oxygen atoms in total. The third kappa shape index (κ3) is 3.58. The van der Waals surface area contributed by atoms with Gasteiger partial charge in [0.1, 0.15) is 6.61 Å². The molecule has 0 saturated carbocycles. The van der Waals surface area contributed by atoms with Crippen LogP contribution < -0.4 is 10.5 Å². The van der Waals surface area contributed by atoms with Crippen molar-refractivity contribution in [1.29, 1.82) is 0 Å². The van der Waals surface area contributed by atoms with Crippen LogP contribution in [0.15, 0.2) is 46.9 Å². The van der Waals surface area contributed by atoms with E-state index in [-0.39, 0.29) is 17.5 Å². The molecule has 0 fully saturated rings. The van der Waals surface area contributed by atoms with Crippen LogP contribution in [-0.2, 0) is 6.61 Å². The maximum atomic E-state index is 14.1. The summed E-state index contributed by atoms with van der Waals surface area (Å²) in [6, 6.07) is 13.0. The smallest absolute Gasteiger partial charge is 0.169 e. The minimum Gasteiger partial charge on any atom is -0.485 e. The molecule has 2 N–H and O–H groups in total. The molecule has 0 heterocycles. The van der Waals surface area contributed by atoms with Gasteiger partial charge in [0, 0.05) is 0 Å². The quantitative estimate of drug-likeness (QED) is 0.886. The Morgan fingerprint density at radius 1 is 1.25 bits per heavy atom. The first-order valence-corrected chi connectivity index (χ1v) is 7.27. The van der Waals surface area contributed by atoms with E-state index in [1.807, 2.05) is 43.3 Å². The predicted molar refractivity (Wildman–Crippen MR) is 82.3 cm³/mol. The van der Waals surface area contributed by atoms with Crippen LogP contribution in [0, 0.1) is 5.82 Å². The summed E-state index contributed by atoms with van der Waals surface area (Å²) in [5.74, 6) is -0.0172. The van der Waals surface area contributed by atoms with Crippen molar-refractivity contribution in [3.05, 3.63) is 63.9 Å². The van der Waals surface area contributed by atoms with Gasteiger partial charge in [0.25, 0.3) is 0 Å². The third-order valence-electron chi connectivity index (χ3n) is 3.17. The molecular formula is C16H17BrFNO. The van der Waals surface area contributed by atoms with Gasteiger partial charge in [-0.05, 0) is 51.7 Å². The Morgan fingerprint density at radius 2 is 1.95 bits per heavy atom. The van der Waals surface area contributed by atoms with Crippen LogP contribution in [0.1, 0.15) is 24.0 Å². The summed E-state index contributed by atoms with van der Waals surface area (Å²) in [6.07, 6.45) is 0. The van der Waals surface area contributed by atoms with Crippen LogP contribution in [-0.4, -0.2) is 6.54 Å². The fourth-order valence-corrected chi connectivity index (χ4v) is 2.44. The lowest BCUT2D eigenvalue weighted by Gasteiger charge is -2.14. The molecule has 0 radical (unpaired) electrons. The highest BCUT2D eigenvalue weighted by atomic mass is 79.9. The molecule has 106 valence electrons. The first kappa shape index (κ1) is 15.0. The molecule has 0 aliphatic heterocycles. The molecule has 1 unspecified atom stereocenters. The van der Waals surface area contributed by atoms with E-state index in [0.717, 1.165) is 11.1 Å². The molecular weight excluding hydrogens is 321 g/mol. The third-order valence-corrected chi connectivity index (χ3v) is 3.76. The van der Waals surface area contributed by atoms with E-state index in [1.165, 1.54) is 6.07 Å². The topological polar surface area (TPSA) is 35.2 Å². The fourth-order valence-electron chi connectivity index (χ4n) is 1.87. The molecule has 0 saturated heterocycles. The van der Waals surface area contributed by atoms with Crippen LogP contribution >= 0.6 is 15.9 Å². The van der Waals surface area contributed by atoms with Crippen molar-refractivity contribution in [2.24, 2.45) is 5.73 Å². The van der Waals surface area contributed by atoms with E-state index in [0.29, 0.717) is 17.6 Å². The van der Waals surface area contributed by atoms with Gasteiger partial charge in [-0.2, -0.15) is 0 Å². The van der Waals surface area contributed by atoms with E-state index in [9.17, 15) is 4.39 Å². The van der Waals surface area contributed by atoms with Crippen molar-refractivity contribution >= 4 is 15.9 Å². The SMILES string of the molecule is CC(CN)c1cc(F)c(OCc2ccccc2)c(Br)c1. The zero-order valence-electron chi connectivity index (χ0n) is 11.3. The number of ether oxygens (including phenoxy) is 1. The summed E-state index contributed by atoms with van der Waals surface area (Å²) in [7, 11) is 0. The summed E-state index contributed by atoms with van der Waals surface area (Å²) in [5.41, 5.74) is 7.47. The van der Waals surface area contributed by atoms with Gasteiger partial charge in [0.15, 0.2) is 11.6 Å². The van der Waals surface area contributed by atoms with Crippen LogP contribution in [0.25, 0.3) is 0 Å². The van der Waals surface area contributed by atoms with Gasteiger partial charge in [-0.3, -0.25) is 0 Å². The van der Waals surface area contributed by atoms with Crippen LogP contribution in [0.2, 0.25) is 0 Å². The summed E-state index contributed by atoms with van der Waals surface area (Å²) >= 11 is 3.36. The van der Waals surface area contributed by atoms with Crippen molar-refractivity contribution in [1.82, 2.24) is 0 Å². The lowest BCUT2D eigenvalue weighted by molar-refractivity contribution is 0.288. The van der Waals surface area contributed by atoms with Gasteiger partial charge < -0.3 is 10.5 Å². The predicted octanol–water partition coefficient (Wildman–Crippen LogP) is 4.23. The monoisotopic (exact) mass is 337 g/mol. The average molecular weight is 338 g/mol. The number of nitrogens with two attached hydrogens (primary N) is 1. The lowest BCUT2D eigenvalue weighted by atomic mass is 10.0. The lowest BCUT2D eigenvalue weighted by Crippen LogP contribution is -2.09. The summed E-state index contributed by atoms with van der Waals surface area (Å²) in [4.78, 5) is 0. The fraction of sp³-hybridized carbons (Fsp3) is 0.250. The number of benzene rings is 2. The number of rotatable bonds is 5. The van der Waals surface area contributed by atoms with Gasteiger partial charge in [0.05, 0.1) is 4.47 Å². The van der Waals surface area contributed by atoms with Crippen molar-refractivity contribution < 1.29 is 9.13 Å². The van der Waals surface area contributed by atoms with Crippen LogP contribution in [0.4, 0.5) is 4.39 Å². The van der Waals surface area contributed by atoms with Gasteiger partial charge in [-0.15, -0.1) is 0 Å². The standard InChI is InChI=1S/C16H17BrFNO/c1-11(9-19)13-7-14(17)16(15(18)8-13)20-10-12-5-3-2-4-6-12/h2-8,11H,9-10,19H2,1H3. The first-order chi connectivity index (χ1) is 9.61. The Bertz CT molecular complexity index is 551. The molecule has 0 bridgehead atoms. The molecule has 0 aromatic heterocycles. The molecule has 2 aromatic carbocycles. The molecule has 2 aromatic rings. The second-order valence-electron chi connectivity index (χ2n) is 4.72. The Hall–Kier alpha value is -1.39. The van der Waals surface area contributed by atoms with Crippen LogP contribution in [0.3, 0.4) is 0 Å². The summed E-state index contributed by atoms with van der Waals surface area (Å²) in [5, 5.41) is 0.